The SMILES string of the molecule is COc1cc(Cl)c(C#N)c(C)c1OC. The number of nitriles is 1. The molecule has 0 saturated carbocycles. The molecule has 0 unspecified atom stereocenters. The van der Waals surface area contributed by atoms with Gasteiger partial charge in [0, 0.05) is 11.6 Å². The molecule has 4 heteroatoms. The van der Waals surface area contributed by atoms with Gasteiger partial charge in [-0.1, -0.05) is 11.6 Å². The fourth-order valence-corrected chi connectivity index (χ4v) is 1.56. The minimum absolute atomic E-state index is 0.377. The lowest BCUT2D eigenvalue weighted by atomic mass is 10.1. The van der Waals surface area contributed by atoms with Crippen molar-refractivity contribution in [2.24, 2.45) is 0 Å². The van der Waals surface area contributed by atoms with Crippen molar-refractivity contribution in [2.75, 3.05) is 14.2 Å². The molecule has 0 aliphatic carbocycles. The lowest BCUT2D eigenvalue weighted by Gasteiger charge is -2.12. The van der Waals surface area contributed by atoms with E-state index in [2.05, 4.69) is 0 Å². The van der Waals surface area contributed by atoms with Crippen molar-refractivity contribution in [2.45, 2.75) is 6.92 Å². The summed E-state index contributed by atoms with van der Waals surface area (Å²) in [6.07, 6.45) is 0. The van der Waals surface area contributed by atoms with Crippen LogP contribution in [0.25, 0.3) is 0 Å². The molecule has 0 heterocycles. The molecule has 0 N–H and O–H groups in total. The summed E-state index contributed by atoms with van der Waals surface area (Å²) in [5, 5.41) is 9.23. The minimum Gasteiger partial charge on any atom is -0.493 e. The van der Waals surface area contributed by atoms with Crippen molar-refractivity contribution in [3.63, 3.8) is 0 Å². The number of benzene rings is 1. The van der Waals surface area contributed by atoms with Gasteiger partial charge in [0.2, 0.25) is 0 Å². The number of methoxy groups -OCH3 is 2. The average molecular weight is 212 g/mol. The van der Waals surface area contributed by atoms with Crippen molar-refractivity contribution in [1.29, 1.82) is 5.26 Å². The number of hydrogen-bond acceptors (Lipinski definition) is 3. The van der Waals surface area contributed by atoms with E-state index in [0.29, 0.717) is 27.6 Å². The molecule has 0 bridgehead atoms. The van der Waals surface area contributed by atoms with Gasteiger partial charge in [-0.25, -0.2) is 0 Å². The fourth-order valence-electron chi connectivity index (χ4n) is 1.27. The number of halogens is 1. The van der Waals surface area contributed by atoms with Gasteiger partial charge < -0.3 is 9.47 Å². The smallest absolute Gasteiger partial charge is 0.165 e. The molecule has 0 amide bonds. The highest BCUT2D eigenvalue weighted by atomic mass is 35.5. The maximum Gasteiger partial charge on any atom is 0.165 e. The second kappa shape index (κ2) is 4.21. The Morgan fingerprint density at radius 2 is 2.00 bits per heavy atom. The summed E-state index contributed by atoms with van der Waals surface area (Å²) in [5.74, 6) is 1.09. The van der Waals surface area contributed by atoms with E-state index in [4.69, 9.17) is 26.3 Å². The predicted molar refractivity (Wildman–Crippen MR) is 54.0 cm³/mol. The second-order valence-electron chi connectivity index (χ2n) is 2.71. The molecule has 0 radical (unpaired) electrons. The third-order valence-electron chi connectivity index (χ3n) is 1.97. The van der Waals surface area contributed by atoms with Crippen LogP contribution in [-0.4, -0.2) is 14.2 Å². The van der Waals surface area contributed by atoms with Crippen LogP contribution in [0.4, 0.5) is 0 Å². The zero-order chi connectivity index (χ0) is 10.7. The van der Waals surface area contributed by atoms with Gasteiger partial charge in [-0.3, -0.25) is 0 Å². The lowest BCUT2D eigenvalue weighted by Crippen LogP contribution is -1.96. The largest absolute Gasteiger partial charge is 0.493 e. The molecule has 1 rings (SSSR count). The van der Waals surface area contributed by atoms with Crippen LogP contribution in [-0.2, 0) is 0 Å². The molecule has 0 spiro atoms. The Morgan fingerprint density at radius 1 is 1.36 bits per heavy atom. The summed E-state index contributed by atoms with van der Waals surface area (Å²) >= 11 is 5.88. The predicted octanol–water partition coefficient (Wildman–Crippen LogP) is 2.54. The topological polar surface area (TPSA) is 42.2 Å². The van der Waals surface area contributed by atoms with Crippen LogP contribution < -0.4 is 9.47 Å². The van der Waals surface area contributed by atoms with E-state index < -0.39 is 0 Å². The molecule has 74 valence electrons. The third-order valence-corrected chi connectivity index (χ3v) is 2.27. The fraction of sp³-hybridized carbons (Fsp3) is 0.300. The van der Waals surface area contributed by atoms with E-state index in [0.717, 1.165) is 0 Å². The Kier molecular flexibility index (Phi) is 3.21. The van der Waals surface area contributed by atoms with Gasteiger partial charge >= 0.3 is 0 Å². The molecule has 0 aliphatic rings. The molecule has 14 heavy (non-hydrogen) atoms. The molecule has 0 atom stereocenters. The first-order valence-corrected chi connectivity index (χ1v) is 4.34. The standard InChI is InChI=1S/C10H10ClNO2/c1-6-7(5-12)8(11)4-9(13-2)10(6)14-3/h4H,1-3H3. The van der Waals surface area contributed by atoms with Crippen LogP contribution >= 0.6 is 11.6 Å². The van der Waals surface area contributed by atoms with Gasteiger partial charge in [-0.05, 0) is 6.92 Å². The Bertz CT molecular complexity index is 396. The zero-order valence-electron chi connectivity index (χ0n) is 8.22. The Labute approximate surface area is 87.8 Å². The normalized spacial score (nSPS) is 9.36. The van der Waals surface area contributed by atoms with Crippen LogP contribution in [0.1, 0.15) is 11.1 Å². The van der Waals surface area contributed by atoms with Gasteiger partial charge in [0.1, 0.15) is 6.07 Å². The first-order valence-electron chi connectivity index (χ1n) is 3.96. The van der Waals surface area contributed by atoms with Gasteiger partial charge in [0.25, 0.3) is 0 Å². The van der Waals surface area contributed by atoms with Crippen LogP contribution in [0.2, 0.25) is 5.02 Å². The molecular formula is C10H10ClNO2. The summed E-state index contributed by atoms with van der Waals surface area (Å²) in [6, 6.07) is 3.60. The van der Waals surface area contributed by atoms with Crippen molar-refractivity contribution in [1.82, 2.24) is 0 Å². The number of nitrogens with zero attached hydrogens (tertiary/aromatic N) is 1. The molecule has 0 fully saturated rings. The highest BCUT2D eigenvalue weighted by Gasteiger charge is 2.14. The maximum atomic E-state index is 8.85. The molecule has 1 aromatic carbocycles. The molecule has 0 saturated heterocycles. The average Bonchev–Trinajstić information content (AvgIpc) is 2.17. The second-order valence-corrected chi connectivity index (χ2v) is 3.11. The van der Waals surface area contributed by atoms with Crippen molar-refractivity contribution >= 4 is 11.6 Å². The van der Waals surface area contributed by atoms with Crippen molar-refractivity contribution in [3.8, 4) is 17.6 Å². The lowest BCUT2D eigenvalue weighted by molar-refractivity contribution is 0.353. The van der Waals surface area contributed by atoms with E-state index in [1.165, 1.54) is 14.2 Å². The number of hydrogen-bond donors (Lipinski definition) is 0. The highest BCUT2D eigenvalue weighted by Crippen LogP contribution is 2.36. The number of ether oxygens (including phenoxy) is 2. The van der Waals surface area contributed by atoms with Crippen LogP contribution in [0, 0.1) is 18.3 Å². The molecule has 3 nitrogen and oxygen atoms in total. The first-order chi connectivity index (χ1) is 6.65. The highest BCUT2D eigenvalue weighted by molar-refractivity contribution is 6.32. The van der Waals surface area contributed by atoms with Crippen LogP contribution in [0.15, 0.2) is 6.07 Å². The third kappa shape index (κ3) is 1.61. The maximum absolute atomic E-state index is 8.85. The number of rotatable bonds is 2. The van der Waals surface area contributed by atoms with Crippen molar-refractivity contribution in [3.05, 3.63) is 22.2 Å². The van der Waals surface area contributed by atoms with Crippen LogP contribution in [0.3, 0.4) is 0 Å². The first kappa shape index (κ1) is 10.7. The van der Waals surface area contributed by atoms with E-state index >= 15 is 0 Å². The summed E-state index contributed by atoms with van der Waals surface area (Å²) in [5.41, 5.74) is 1.11. The quantitative estimate of drug-likeness (QED) is 0.755. The van der Waals surface area contributed by atoms with E-state index in [1.54, 1.807) is 13.0 Å². The summed E-state index contributed by atoms with van der Waals surface area (Å²) in [6.45, 7) is 1.77. The van der Waals surface area contributed by atoms with Gasteiger partial charge in [0.15, 0.2) is 11.5 Å². The summed E-state index contributed by atoms with van der Waals surface area (Å²) < 4.78 is 10.2. The summed E-state index contributed by atoms with van der Waals surface area (Å²) in [4.78, 5) is 0. The monoisotopic (exact) mass is 211 g/mol. The van der Waals surface area contributed by atoms with E-state index in [9.17, 15) is 0 Å². The van der Waals surface area contributed by atoms with Gasteiger partial charge in [-0.2, -0.15) is 5.26 Å². The Balaban J connectivity index is 3.49. The Morgan fingerprint density at radius 3 is 2.43 bits per heavy atom. The Hall–Kier alpha value is -1.40. The van der Waals surface area contributed by atoms with Gasteiger partial charge in [0.05, 0.1) is 24.8 Å². The van der Waals surface area contributed by atoms with E-state index in [-0.39, 0.29) is 0 Å². The molecule has 1 aromatic rings. The summed E-state index contributed by atoms with van der Waals surface area (Å²) in [7, 11) is 3.06. The zero-order valence-corrected chi connectivity index (χ0v) is 8.97. The molecular weight excluding hydrogens is 202 g/mol. The van der Waals surface area contributed by atoms with Crippen LogP contribution in [0.5, 0.6) is 11.5 Å². The minimum atomic E-state index is 0.377. The molecule has 0 aromatic heterocycles. The van der Waals surface area contributed by atoms with E-state index in [1.807, 2.05) is 6.07 Å². The molecule has 0 aliphatic heterocycles. The van der Waals surface area contributed by atoms with Gasteiger partial charge in [-0.15, -0.1) is 0 Å². The van der Waals surface area contributed by atoms with Crippen molar-refractivity contribution < 1.29 is 9.47 Å².